The standard InChI is InChI=1S/C19H17N3O3S/c1-14-22(19(24)25)18(23)17(12-15-8-4-2-5-9-15)26(14)21-20-13-16-10-6-3-7-11-16/h2-14H,1H3,(H,24,25). The first-order valence-electron chi connectivity index (χ1n) is 7.93. The summed E-state index contributed by atoms with van der Waals surface area (Å²) >= 11 is 0. The van der Waals surface area contributed by atoms with Crippen LogP contribution in [0, 0.1) is 0 Å². The maximum Gasteiger partial charge on any atom is 0.415 e. The minimum absolute atomic E-state index is 0.344. The van der Waals surface area contributed by atoms with Gasteiger partial charge in [-0.05, 0) is 34.8 Å². The van der Waals surface area contributed by atoms with Gasteiger partial charge in [-0.1, -0.05) is 60.7 Å². The summed E-state index contributed by atoms with van der Waals surface area (Å²) in [5.41, 5.74) is 1.69. The Balaban J connectivity index is 1.99. The summed E-state index contributed by atoms with van der Waals surface area (Å²) in [7, 11) is -0.981. The molecule has 26 heavy (non-hydrogen) atoms. The van der Waals surface area contributed by atoms with Crippen LogP contribution in [0.4, 0.5) is 4.79 Å². The van der Waals surface area contributed by atoms with Crippen molar-refractivity contribution in [1.82, 2.24) is 4.90 Å². The largest absolute Gasteiger partial charge is 0.465 e. The van der Waals surface area contributed by atoms with Crippen LogP contribution < -0.4 is 0 Å². The monoisotopic (exact) mass is 367 g/mol. The van der Waals surface area contributed by atoms with Crippen LogP contribution >= 0.6 is 0 Å². The third-order valence-electron chi connectivity index (χ3n) is 3.79. The highest BCUT2D eigenvalue weighted by Gasteiger charge is 2.42. The van der Waals surface area contributed by atoms with Gasteiger partial charge in [-0.15, -0.1) is 4.47 Å². The predicted molar refractivity (Wildman–Crippen MR) is 103 cm³/mol. The average molecular weight is 367 g/mol. The van der Waals surface area contributed by atoms with Crippen LogP contribution in [0.2, 0.25) is 0 Å². The molecule has 1 saturated heterocycles. The smallest absolute Gasteiger partial charge is 0.415 e. The molecule has 1 aliphatic heterocycles. The zero-order valence-corrected chi connectivity index (χ0v) is 14.8. The molecule has 0 radical (unpaired) electrons. The number of hydrogen-bond donors (Lipinski definition) is 1. The summed E-state index contributed by atoms with van der Waals surface area (Å²) in [5.74, 6) is -0.546. The van der Waals surface area contributed by atoms with E-state index in [1.165, 1.54) is 0 Å². The van der Waals surface area contributed by atoms with Crippen molar-refractivity contribution in [2.75, 3.05) is 0 Å². The zero-order valence-electron chi connectivity index (χ0n) is 14.0. The van der Waals surface area contributed by atoms with Gasteiger partial charge in [0.1, 0.15) is 5.37 Å². The highest BCUT2D eigenvalue weighted by atomic mass is 32.2. The normalized spacial score (nSPS) is 21.8. The Morgan fingerprint density at radius 1 is 1.08 bits per heavy atom. The molecule has 2 atom stereocenters. The summed E-state index contributed by atoms with van der Waals surface area (Å²) in [6, 6.07) is 18.7. The van der Waals surface area contributed by atoms with E-state index in [4.69, 9.17) is 0 Å². The van der Waals surface area contributed by atoms with Gasteiger partial charge < -0.3 is 5.11 Å². The molecule has 0 spiro atoms. The van der Waals surface area contributed by atoms with Gasteiger partial charge in [0.2, 0.25) is 0 Å². The topological polar surface area (TPSA) is 82.3 Å². The zero-order chi connectivity index (χ0) is 18.5. The van der Waals surface area contributed by atoms with Crippen molar-refractivity contribution in [2.45, 2.75) is 12.3 Å². The summed E-state index contributed by atoms with van der Waals surface area (Å²) in [6.45, 7) is 1.67. The molecule has 132 valence electrons. The van der Waals surface area contributed by atoms with Gasteiger partial charge in [-0.25, -0.2) is 9.69 Å². The van der Waals surface area contributed by atoms with E-state index >= 15 is 0 Å². The lowest BCUT2D eigenvalue weighted by atomic mass is 10.2. The van der Waals surface area contributed by atoms with Crippen LogP contribution in [0.25, 0.3) is 6.08 Å². The summed E-state index contributed by atoms with van der Waals surface area (Å²) < 4.78 is 4.26. The molecule has 2 unspecified atom stereocenters. The van der Waals surface area contributed by atoms with Crippen molar-refractivity contribution < 1.29 is 14.7 Å². The molecule has 0 bridgehead atoms. The molecule has 2 amide bonds. The fourth-order valence-electron chi connectivity index (χ4n) is 2.51. The van der Waals surface area contributed by atoms with Crippen LogP contribution in [-0.2, 0) is 15.5 Å². The molecule has 0 aromatic heterocycles. The van der Waals surface area contributed by atoms with E-state index in [9.17, 15) is 14.7 Å². The van der Waals surface area contributed by atoms with E-state index in [1.54, 1.807) is 19.2 Å². The number of benzene rings is 2. The number of hydrogen-bond acceptors (Lipinski definition) is 3. The van der Waals surface area contributed by atoms with Crippen LogP contribution in [-0.4, -0.2) is 33.6 Å². The molecular formula is C19H17N3O3S. The van der Waals surface area contributed by atoms with Crippen molar-refractivity contribution >= 4 is 35.0 Å². The lowest BCUT2D eigenvalue weighted by Gasteiger charge is -2.13. The quantitative estimate of drug-likeness (QED) is 0.510. The molecule has 2 aromatic carbocycles. The van der Waals surface area contributed by atoms with Gasteiger partial charge in [0.15, 0.2) is 0 Å². The number of carbonyl (C=O) groups is 2. The van der Waals surface area contributed by atoms with Gasteiger partial charge in [0.25, 0.3) is 5.91 Å². The Morgan fingerprint density at radius 3 is 2.23 bits per heavy atom. The molecule has 6 nitrogen and oxygen atoms in total. The highest BCUT2D eigenvalue weighted by Crippen LogP contribution is 2.28. The van der Waals surface area contributed by atoms with Gasteiger partial charge in [-0.2, -0.15) is 5.10 Å². The average Bonchev–Trinajstić information content (AvgIpc) is 2.87. The van der Waals surface area contributed by atoms with Crippen LogP contribution in [0.3, 0.4) is 0 Å². The lowest BCUT2D eigenvalue weighted by molar-refractivity contribution is -0.123. The number of imide groups is 1. The van der Waals surface area contributed by atoms with E-state index < -0.39 is 28.1 Å². The molecule has 2 aromatic rings. The fraction of sp³-hybridized carbons (Fsp3) is 0.105. The van der Waals surface area contributed by atoms with Crippen molar-refractivity contribution in [2.24, 2.45) is 9.57 Å². The van der Waals surface area contributed by atoms with E-state index in [-0.39, 0.29) is 0 Å². The van der Waals surface area contributed by atoms with Crippen molar-refractivity contribution in [1.29, 1.82) is 0 Å². The van der Waals surface area contributed by atoms with Gasteiger partial charge >= 0.3 is 6.09 Å². The van der Waals surface area contributed by atoms with Crippen molar-refractivity contribution in [3.05, 3.63) is 76.7 Å². The van der Waals surface area contributed by atoms with Crippen LogP contribution in [0.1, 0.15) is 18.1 Å². The molecule has 7 heteroatoms. The van der Waals surface area contributed by atoms with Crippen molar-refractivity contribution in [3.8, 4) is 0 Å². The van der Waals surface area contributed by atoms with E-state index in [1.807, 2.05) is 60.7 Å². The van der Waals surface area contributed by atoms with Crippen LogP contribution in [0.5, 0.6) is 0 Å². The van der Waals surface area contributed by atoms with E-state index in [2.05, 4.69) is 9.57 Å². The Labute approximate surface area is 153 Å². The highest BCUT2D eigenvalue weighted by molar-refractivity contribution is 7.93. The number of amides is 2. The molecule has 1 N–H and O–H groups in total. The molecule has 0 aliphatic carbocycles. The van der Waals surface area contributed by atoms with Gasteiger partial charge in [0.05, 0.1) is 11.1 Å². The second kappa shape index (κ2) is 7.88. The second-order valence-corrected chi connectivity index (χ2v) is 7.44. The van der Waals surface area contributed by atoms with E-state index in [0.29, 0.717) is 4.91 Å². The number of carbonyl (C=O) groups excluding carboxylic acids is 1. The molecule has 0 saturated carbocycles. The maximum absolute atomic E-state index is 12.6. The first-order valence-corrected chi connectivity index (χ1v) is 9.18. The molecular weight excluding hydrogens is 350 g/mol. The molecule has 1 aliphatic rings. The maximum atomic E-state index is 12.6. The van der Waals surface area contributed by atoms with Gasteiger partial charge in [0, 0.05) is 0 Å². The summed E-state index contributed by atoms with van der Waals surface area (Å²) in [4.78, 5) is 25.2. The van der Waals surface area contributed by atoms with Gasteiger partial charge in [-0.3, -0.25) is 4.79 Å². The number of carboxylic acid groups (broad SMARTS) is 1. The minimum Gasteiger partial charge on any atom is -0.465 e. The number of nitrogens with zero attached hydrogens (tertiary/aromatic N) is 3. The SMILES string of the molecule is CC1N(C(=O)O)C(=O)C(=Cc2ccccc2)S1=NN=Cc1ccccc1. The first kappa shape index (κ1) is 17.8. The Bertz CT molecular complexity index is 908. The predicted octanol–water partition coefficient (Wildman–Crippen LogP) is 3.73. The Kier molecular flexibility index (Phi) is 5.38. The Morgan fingerprint density at radius 2 is 1.65 bits per heavy atom. The molecule has 3 rings (SSSR count). The summed E-state index contributed by atoms with van der Waals surface area (Å²) in [5, 5.41) is 12.9. The van der Waals surface area contributed by atoms with Crippen molar-refractivity contribution in [3.63, 3.8) is 0 Å². The Hall–Kier alpha value is -3.06. The van der Waals surface area contributed by atoms with E-state index in [0.717, 1.165) is 16.0 Å². The third-order valence-corrected chi connectivity index (χ3v) is 5.66. The second-order valence-electron chi connectivity index (χ2n) is 5.53. The lowest BCUT2D eigenvalue weighted by Crippen LogP contribution is -2.36. The molecule has 1 heterocycles. The van der Waals surface area contributed by atoms with Crippen LogP contribution in [0.15, 0.2) is 75.1 Å². The molecule has 1 fully saturated rings. The summed E-state index contributed by atoms with van der Waals surface area (Å²) in [6.07, 6.45) is 2.00. The number of rotatable bonds is 3. The first-order chi connectivity index (χ1) is 12.6. The third kappa shape index (κ3) is 3.78. The minimum atomic E-state index is -1.28. The fourth-order valence-corrected chi connectivity index (χ4v) is 4.17.